The standard InChI is InChI=1S/C12H20N4/c1-3-12(11-13,14-4-2)7-5-9-16-10-6-8-15-16/h6,8,10,14H,3-5,7,9H2,1-2H3. The molecule has 0 saturated heterocycles. The molecule has 0 aliphatic rings. The van der Waals surface area contributed by atoms with Crippen LogP contribution in [0.5, 0.6) is 0 Å². The summed E-state index contributed by atoms with van der Waals surface area (Å²) < 4.78 is 1.91. The molecular formula is C12H20N4. The Balaban J connectivity index is 2.41. The lowest BCUT2D eigenvalue weighted by Crippen LogP contribution is -2.43. The number of hydrogen-bond donors (Lipinski definition) is 1. The van der Waals surface area contributed by atoms with Crippen LogP contribution in [0.4, 0.5) is 0 Å². The van der Waals surface area contributed by atoms with E-state index in [2.05, 4.69) is 23.4 Å². The van der Waals surface area contributed by atoms with E-state index in [9.17, 15) is 5.26 Å². The Hall–Kier alpha value is -1.34. The minimum atomic E-state index is -0.359. The van der Waals surface area contributed by atoms with E-state index in [1.807, 2.05) is 23.9 Å². The van der Waals surface area contributed by atoms with Gasteiger partial charge in [-0.15, -0.1) is 0 Å². The van der Waals surface area contributed by atoms with Crippen molar-refractivity contribution in [2.45, 2.75) is 45.2 Å². The normalized spacial score (nSPS) is 14.3. The highest BCUT2D eigenvalue weighted by atomic mass is 15.3. The molecule has 1 aromatic rings. The largest absolute Gasteiger partial charge is 0.300 e. The highest BCUT2D eigenvalue weighted by Crippen LogP contribution is 2.16. The fourth-order valence-corrected chi connectivity index (χ4v) is 1.88. The first kappa shape index (κ1) is 12.7. The molecule has 0 saturated carbocycles. The summed E-state index contributed by atoms with van der Waals surface area (Å²) in [6, 6.07) is 4.32. The van der Waals surface area contributed by atoms with Gasteiger partial charge in [0.05, 0.1) is 6.07 Å². The summed E-state index contributed by atoms with van der Waals surface area (Å²) in [6.07, 6.45) is 6.41. The molecule has 4 heteroatoms. The molecule has 88 valence electrons. The summed E-state index contributed by atoms with van der Waals surface area (Å²) in [5.74, 6) is 0. The molecule has 0 aliphatic heterocycles. The molecule has 1 heterocycles. The second-order valence-corrected chi connectivity index (χ2v) is 3.95. The molecule has 1 unspecified atom stereocenters. The lowest BCUT2D eigenvalue weighted by atomic mass is 9.92. The highest BCUT2D eigenvalue weighted by Gasteiger charge is 2.25. The molecule has 0 aromatic carbocycles. The van der Waals surface area contributed by atoms with Gasteiger partial charge >= 0.3 is 0 Å². The Morgan fingerprint density at radius 1 is 1.50 bits per heavy atom. The van der Waals surface area contributed by atoms with E-state index in [-0.39, 0.29) is 5.54 Å². The van der Waals surface area contributed by atoms with Gasteiger partial charge in [-0.1, -0.05) is 13.8 Å². The van der Waals surface area contributed by atoms with Crippen molar-refractivity contribution in [3.05, 3.63) is 18.5 Å². The van der Waals surface area contributed by atoms with Gasteiger partial charge < -0.3 is 0 Å². The third-order valence-corrected chi connectivity index (χ3v) is 2.88. The summed E-state index contributed by atoms with van der Waals surface area (Å²) in [6.45, 7) is 5.81. The quantitative estimate of drug-likeness (QED) is 0.764. The maximum absolute atomic E-state index is 9.23. The Bertz CT molecular complexity index is 325. The first-order valence-corrected chi connectivity index (χ1v) is 5.90. The maximum atomic E-state index is 9.23. The van der Waals surface area contributed by atoms with Crippen LogP contribution in [0, 0.1) is 11.3 Å². The van der Waals surface area contributed by atoms with E-state index in [4.69, 9.17) is 0 Å². The summed E-state index contributed by atoms with van der Waals surface area (Å²) in [7, 11) is 0. The number of nitrogens with one attached hydrogen (secondary N) is 1. The molecular weight excluding hydrogens is 200 g/mol. The van der Waals surface area contributed by atoms with Crippen LogP contribution in [0.3, 0.4) is 0 Å². The average molecular weight is 220 g/mol. The first-order chi connectivity index (χ1) is 7.76. The molecule has 16 heavy (non-hydrogen) atoms. The van der Waals surface area contributed by atoms with E-state index in [1.54, 1.807) is 6.20 Å². The van der Waals surface area contributed by atoms with Gasteiger partial charge in [-0.2, -0.15) is 10.4 Å². The van der Waals surface area contributed by atoms with Gasteiger partial charge in [-0.25, -0.2) is 0 Å². The summed E-state index contributed by atoms with van der Waals surface area (Å²) in [4.78, 5) is 0. The van der Waals surface area contributed by atoms with Crippen LogP contribution in [-0.4, -0.2) is 21.9 Å². The van der Waals surface area contributed by atoms with Crippen LogP contribution in [0.1, 0.15) is 33.1 Å². The number of nitriles is 1. The van der Waals surface area contributed by atoms with Crippen LogP contribution in [0.2, 0.25) is 0 Å². The highest BCUT2D eigenvalue weighted by molar-refractivity contribution is 5.05. The van der Waals surface area contributed by atoms with Gasteiger partial charge in [0.2, 0.25) is 0 Å². The number of rotatable bonds is 7. The minimum absolute atomic E-state index is 0.359. The van der Waals surface area contributed by atoms with E-state index >= 15 is 0 Å². The van der Waals surface area contributed by atoms with Crippen molar-refractivity contribution in [1.82, 2.24) is 15.1 Å². The zero-order valence-electron chi connectivity index (χ0n) is 10.1. The van der Waals surface area contributed by atoms with Crippen molar-refractivity contribution in [3.8, 4) is 6.07 Å². The van der Waals surface area contributed by atoms with Crippen LogP contribution in [0.15, 0.2) is 18.5 Å². The van der Waals surface area contributed by atoms with Crippen molar-refractivity contribution in [3.63, 3.8) is 0 Å². The Morgan fingerprint density at radius 3 is 2.81 bits per heavy atom. The first-order valence-electron chi connectivity index (χ1n) is 5.90. The maximum Gasteiger partial charge on any atom is 0.106 e. The van der Waals surface area contributed by atoms with E-state index < -0.39 is 0 Å². The molecule has 0 bridgehead atoms. The average Bonchev–Trinajstić information content (AvgIpc) is 2.81. The summed E-state index contributed by atoms with van der Waals surface area (Å²) in [5.41, 5.74) is -0.359. The van der Waals surface area contributed by atoms with Crippen LogP contribution >= 0.6 is 0 Å². The number of aryl methyl sites for hydroxylation is 1. The molecule has 1 aromatic heterocycles. The van der Waals surface area contributed by atoms with Gasteiger partial charge in [0.25, 0.3) is 0 Å². The van der Waals surface area contributed by atoms with E-state index in [0.717, 1.165) is 32.4 Å². The minimum Gasteiger partial charge on any atom is -0.300 e. The third kappa shape index (κ3) is 3.35. The van der Waals surface area contributed by atoms with E-state index in [0.29, 0.717) is 0 Å². The molecule has 0 fully saturated rings. The predicted octanol–water partition coefficient (Wildman–Crippen LogP) is 1.95. The van der Waals surface area contributed by atoms with Crippen molar-refractivity contribution < 1.29 is 0 Å². The van der Waals surface area contributed by atoms with Crippen LogP contribution in [0.25, 0.3) is 0 Å². The van der Waals surface area contributed by atoms with Gasteiger partial charge in [-0.05, 0) is 31.9 Å². The second-order valence-electron chi connectivity index (χ2n) is 3.95. The number of aromatic nitrogens is 2. The fourth-order valence-electron chi connectivity index (χ4n) is 1.88. The molecule has 0 radical (unpaired) electrons. The smallest absolute Gasteiger partial charge is 0.106 e. The number of hydrogen-bond acceptors (Lipinski definition) is 3. The predicted molar refractivity (Wildman–Crippen MR) is 63.8 cm³/mol. The Labute approximate surface area is 97.3 Å². The lowest BCUT2D eigenvalue weighted by molar-refractivity contribution is 0.358. The Kier molecular flexibility index (Phi) is 5.00. The molecule has 1 atom stereocenters. The van der Waals surface area contributed by atoms with Crippen molar-refractivity contribution in [2.24, 2.45) is 0 Å². The van der Waals surface area contributed by atoms with Gasteiger partial charge in [0.15, 0.2) is 0 Å². The van der Waals surface area contributed by atoms with E-state index in [1.165, 1.54) is 0 Å². The van der Waals surface area contributed by atoms with Gasteiger partial charge in [-0.3, -0.25) is 10.00 Å². The van der Waals surface area contributed by atoms with Crippen molar-refractivity contribution >= 4 is 0 Å². The van der Waals surface area contributed by atoms with Gasteiger partial charge in [0.1, 0.15) is 5.54 Å². The van der Waals surface area contributed by atoms with Crippen LogP contribution < -0.4 is 5.32 Å². The number of nitrogens with zero attached hydrogens (tertiary/aromatic N) is 3. The SMILES string of the molecule is CCNC(C#N)(CC)CCCn1cccn1. The third-order valence-electron chi connectivity index (χ3n) is 2.88. The zero-order valence-corrected chi connectivity index (χ0v) is 10.1. The van der Waals surface area contributed by atoms with Crippen molar-refractivity contribution in [2.75, 3.05) is 6.54 Å². The molecule has 0 aliphatic carbocycles. The van der Waals surface area contributed by atoms with Gasteiger partial charge in [0, 0.05) is 18.9 Å². The second kappa shape index (κ2) is 6.29. The molecule has 0 amide bonds. The molecule has 0 spiro atoms. The molecule has 1 N–H and O–H groups in total. The monoisotopic (exact) mass is 220 g/mol. The van der Waals surface area contributed by atoms with Crippen molar-refractivity contribution in [1.29, 1.82) is 5.26 Å². The molecule has 1 rings (SSSR count). The topological polar surface area (TPSA) is 53.6 Å². The fraction of sp³-hybridized carbons (Fsp3) is 0.667. The zero-order chi connectivity index (χ0) is 11.9. The lowest BCUT2D eigenvalue weighted by Gasteiger charge is -2.25. The summed E-state index contributed by atoms with van der Waals surface area (Å²) in [5, 5.41) is 16.7. The van der Waals surface area contributed by atoms with Crippen LogP contribution in [-0.2, 0) is 6.54 Å². The molecule has 4 nitrogen and oxygen atoms in total. The Morgan fingerprint density at radius 2 is 2.31 bits per heavy atom. The summed E-state index contributed by atoms with van der Waals surface area (Å²) >= 11 is 0.